The molecule has 0 spiro atoms. The number of halogens is 1. The predicted molar refractivity (Wildman–Crippen MR) is 115 cm³/mol. The number of nitrogens with one attached hydrogen (secondary N) is 1. The van der Waals surface area contributed by atoms with Gasteiger partial charge in [-0.3, -0.25) is 4.90 Å². The summed E-state index contributed by atoms with van der Waals surface area (Å²) in [5.74, 6) is 1.28. The zero-order valence-corrected chi connectivity index (χ0v) is 18.2. The molecule has 0 amide bonds. The van der Waals surface area contributed by atoms with E-state index >= 15 is 0 Å². The Balaban J connectivity index is 1.31. The highest BCUT2D eigenvalue weighted by molar-refractivity contribution is 7.13. The van der Waals surface area contributed by atoms with Gasteiger partial charge in [0, 0.05) is 44.3 Å². The van der Waals surface area contributed by atoms with Crippen molar-refractivity contribution in [2.45, 2.75) is 56.5 Å². The van der Waals surface area contributed by atoms with E-state index in [-0.39, 0.29) is 0 Å². The minimum Gasteiger partial charge on any atom is -0.381 e. The van der Waals surface area contributed by atoms with Crippen LogP contribution in [0, 0.1) is 0 Å². The highest BCUT2D eigenvalue weighted by atomic mass is 35.5. The third-order valence-electron chi connectivity index (χ3n) is 6.54. The molecule has 0 bridgehead atoms. The smallest absolute Gasteiger partial charge is 0.225 e. The summed E-state index contributed by atoms with van der Waals surface area (Å²) in [7, 11) is 0. The number of morpholine rings is 1. The monoisotopic (exact) mass is 437 g/mol. The lowest BCUT2D eigenvalue weighted by Crippen LogP contribution is -2.46. The molecular formula is C20H28ClN5O2S. The fraction of sp³-hybridized carbons (Fsp3) is 0.750. The summed E-state index contributed by atoms with van der Waals surface area (Å²) < 4.78 is 15.8. The summed E-state index contributed by atoms with van der Waals surface area (Å²) in [5, 5.41) is 5.08. The summed E-state index contributed by atoms with van der Waals surface area (Å²) in [5.41, 5.74) is 1.12. The highest BCUT2D eigenvalue weighted by Crippen LogP contribution is 2.38. The Morgan fingerprint density at radius 3 is 2.41 bits per heavy atom. The summed E-state index contributed by atoms with van der Waals surface area (Å²) in [6, 6.07) is 1.11. The molecule has 2 aromatic rings. The average Bonchev–Trinajstić information content (AvgIpc) is 3.19. The van der Waals surface area contributed by atoms with Crippen LogP contribution in [0.4, 0.5) is 5.82 Å². The molecule has 0 aromatic carbocycles. The molecule has 0 unspecified atom stereocenters. The minimum atomic E-state index is 0.296. The van der Waals surface area contributed by atoms with Gasteiger partial charge in [-0.25, -0.2) is 9.97 Å². The molecule has 5 rings (SSSR count). The maximum Gasteiger partial charge on any atom is 0.225 e. The number of hydrogen-bond acceptors (Lipinski definition) is 8. The van der Waals surface area contributed by atoms with Crippen molar-refractivity contribution in [3.05, 3.63) is 11.0 Å². The van der Waals surface area contributed by atoms with E-state index in [1.165, 1.54) is 24.4 Å². The van der Waals surface area contributed by atoms with Gasteiger partial charge in [0.25, 0.3) is 0 Å². The maximum absolute atomic E-state index is 6.24. The first-order chi connectivity index (χ1) is 14.3. The SMILES string of the molecule is Clc1nc(N[C@H]2CC[C@H](N3CCOCC3)CC2)c2c(C3CCOCC3)nsc2n1. The number of ether oxygens (including phenoxy) is 2. The Morgan fingerprint density at radius 1 is 0.931 bits per heavy atom. The van der Waals surface area contributed by atoms with Crippen molar-refractivity contribution < 1.29 is 9.47 Å². The Morgan fingerprint density at radius 2 is 1.66 bits per heavy atom. The van der Waals surface area contributed by atoms with Gasteiger partial charge in [0.15, 0.2) is 4.83 Å². The van der Waals surface area contributed by atoms with Crippen LogP contribution < -0.4 is 5.32 Å². The van der Waals surface area contributed by atoms with Gasteiger partial charge in [0.1, 0.15) is 5.82 Å². The zero-order valence-electron chi connectivity index (χ0n) is 16.6. The standard InChI is InChI=1S/C20H28ClN5O2S/c21-20-23-18(16-17(25-29-19(16)24-20)13-5-9-27-10-6-13)22-14-1-3-15(4-2-14)26-7-11-28-12-8-26/h13-15H,1-12H2,(H,22,23,24)/t14-,15-. The molecule has 1 N–H and O–H groups in total. The molecule has 4 heterocycles. The lowest BCUT2D eigenvalue weighted by atomic mass is 9.89. The number of nitrogens with zero attached hydrogens (tertiary/aromatic N) is 4. The van der Waals surface area contributed by atoms with Crippen LogP contribution >= 0.6 is 23.1 Å². The second-order valence-corrected chi connectivity index (χ2v) is 9.36. The van der Waals surface area contributed by atoms with E-state index in [2.05, 4.69) is 20.2 Å². The van der Waals surface area contributed by atoms with Crippen LogP contribution in [0.3, 0.4) is 0 Å². The van der Waals surface area contributed by atoms with E-state index in [0.717, 1.165) is 86.9 Å². The molecule has 0 radical (unpaired) electrons. The van der Waals surface area contributed by atoms with Crippen LogP contribution in [0.25, 0.3) is 10.2 Å². The van der Waals surface area contributed by atoms with E-state index in [1.807, 2.05) is 0 Å². The fourth-order valence-corrected chi connectivity index (χ4v) is 5.99. The van der Waals surface area contributed by atoms with Crippen LogP contribution in [-0.4, -0.2) is 70.8 Å². The molecule has 7 nitrogen and oxygen atoms in total. The topological polar surface area (TPSA) is 72.4 Å². The number of anilines is 1. The molecular weight excluding hydrogens is 410 g/mol. The summed E-state index contributed by atoms with van der Waals surface area (Å²) in [4.78, 5) is 12.5. The van der Waals surface area contributed by atoms with Gasteiger partial charge in [-0.1, -0.05) is 0 Å². The third kappa shape index (κ3) is 4.37. The number of hydrogen-bond donors (Lipinski definition) is 1. The van der Waals surface area contributed by atoms with Crippen molar-refractivity contribution in [3.8, 4) is 0 Å². The Hall–Kier alpha value is -1.06. The van der Waals surface area contributed by atoms with Crippen LogP contribution in [0.15, 0.2) is 0 Å². The summed E-state index contributed by atoms with van der Waals surface area (Å²) in [6.07, 6.45) is 6.74. The summed E-state index contributed by atoms with van der Waals surface area (Å²) >= 11 is 7.67. The molecule has 158 valence electrons. The number of fused-ring (bicyclic) bond motifs is 1. The second-order valence-electron chi connectivity index (χ2n) is 8.27. The van der Waals surface area contributed by atoms with Crippen molar-refractivity contribution in [1.29, 1.82) is 0 Å². The molecule has 2 saturated heterocycles. The second kappa shape index (κ2) is 8.98. The average molecular weight is 438 g/mol. The first-order valence-corrected chi connectivity index (χ1v) is 11.9. The van der Waals surface area contributed by atoms with Gasteiger partial charge in [-0.2, -0.15) is 4.37 Å². The molecule has 1 saturated carbocycles. The predicted octanol–water partition coefficient (Wildman–Crippen LogP) is 3.69. The zero-order chi connectivity index (χ0) is 19.6. The molecule has 3 aliphatic rings. The number of rotatable bonds is 4. The van der Waals surface area contributed by atoms with E-state index in [1.54, 1.807) is 0 Å². The van der Waals surface area contributed by atoms with Crippen molar-refractivity contribution >= 4 is 39.2 Å². The Kier molecular flexibility index (Phi) is 6.15. The van der Waals surface area contributed by atoms with E-state index in [0.29, 0.717) is 23.3 Å². The third-order valence-corrected chi connectivity index (χ3v) is 7.47. The van der Waals surface area contributed by atoms with E-state index < -0.39 is 0 Å². The minimum absolute atomic E-state index is 0.296. The van der Waals surface area contributed by atoms with Gasteiger partial charge >= 0.3 is 0 Å². The van der Waals surface area contributed by atoms with Crippen molar-refractivity contribution in [3.63, 3.8) is 0 Å². The fourth-order valence-electron chi connectivity index (χ4n) is 4.92. The van der Waals surface area contributed by atoms with Crippen molar-refractivity contribution in [2.75, 3.05) is 44.8 Å². The van der Waals surface area contributed by atoms with Gasteiger partial charge < -0.3 is 14.8 Å². The Bertz CT molecular complexity index is 830. The van der Waals surface area contributed by atoms with Gasteiger partial charge in [0.2, 0.25) is 5.28 Å². The maximum atomic E-state index is 6.24. The molecule has 1 aliphatic carbocycles. The molecule has 2 aromatic heterocycles. The molecule has 3 fully saturated rings. The van der Waals surface area contributed by atoms with Gasteiger partial charge in [-0.15, -0.1) is 0 Å². The molecule has 0 atom stereocenters. The van der Waals surface area contributed by atoms with Crippen LogP contribution in [0.2, 0.25) is 5.28 Å². The van der Waals surface area contributed by atoms with Crippen molar-refractivity contribution in [1.82, 2.24) is 19.2 Å². The normalized spacial score (nSPS) is 27.3. The van der Waals surface area contributed by atoms with Crippen LogP contribution in [0.5, 0.6) is 0 Å². The lowest BCUT2D eigenvalue weighted by Gasteiger charge is -2.39. The molecule has 2 aliphatic heterocycles. The highest BCUT2D eigenvalue weighted by Gasteiger charge is 2.29. The van der Waals surface area contributed by atoms with E-state index in [9.17, 15) is 0 Å². The molecule has 9 heteroatoms. The number of aromatic nitrogens is 3. The first-order valence-electron chi connectivity index (χ1n) is 10.8. The van der Waals surface area contributed by atoms with Crippen molar-refractivity contribution in [2.24, 2.45) is 0 Å². The largest absolute Gasteiger partial charge is 0.381 e. The van der Waals surface area contributed by atoms with E-state index in [4.69, 9.17) is 25.4 Å². The summed E-state index contributed by atoms with van der Waals surface area (Å²) in [6.45, 7) is 5.48. The van der Waals surface area contributed by atoms with Crippen LogP contribution in [-0.2, 0) is 9.47 Å². The quantitative estimate of drug-likeness (QED) is 0.731. The van der Waals surface area contributed by atoms with Crippen LogP contribution in [0.1, 0.15) is 50.1 Å². The first kappa shape index (κ1) is 19.9. The Labute approximate surface area is 180 Å². The van der Waals surface area contributed by atoms with Gasteiger partial charge in [-0.05, 0) is 61.7 Å². The van der Waals surface area contributed by atoms with Gasteiger partial charge in [0.05, 0.1) is 24.3 Å². The molecule has 29 heavy (non-hydrogen) atoms. The lowest BCUT2D eigenvalue weighted by molar-refractivity contribution is 0.00791.